The van der Waals surface area contributed by atoms with Crippen LogP contribution in [0, 0.1) is 17.8 Å². The summed E-state index contributed by atoms with van der Waals surface area (Å²) in [5, 5.41) is 0. The highest BCUT2D eigenvalue weighted by molar-refractivity contribution is 5.93. The third-order valence-corrected chi connectivity index (χ3v) is 9.18. The van der Waals surface area contributed by atoms with E-state index < -0.39 is 5.79 Å². The summed E-state index contributed by atoms with van der Waals surface area (Å²) in [6.45, 7) is 9.67. The summed E-state index contributed by atoms with van der Waals surface area (Å²) >= 11 is 0. The number of rotatable bonds is 3. The molecule has 7 aliphatic heterocycles. The van der Waals surface area contributed by atoms with Gasteiger partial charge in [-0.3, -0.25) is 9.80 Å². The fraction of sp³-hybridized carbons (Fsp3) is 0.783. The van der Waals surface area contributed by atoms with Gasteiger partial charge in [0.1, 0.15) is 5.76 Å². The number of piperidine rings is 1. The smallest absolute Gasteiger partial charge is 0.343 e. The molecule has 168 valence electrons. The molecule has 31 heavy (non-hydrogen) atoms. The van der Waals surface area contributed by atoms with E-state index in [4.69, 9.17) is 23.7 Å². The van der Waals surface area contributed by atoms with Crippen molar-refractivity contribution in [3.8, 4) is 0 Å². The topological polar surface area (TPSA) is 69.7 Å². The number of hydrogen-bond acceptors (Lipinski definition) is 8. The maximum Gasteiger partial charge on any atom is 0.343 e. The first kappa shape index (κ1) is 18.9. The standard InChI is InChI=1S/C23H30N2O6/c1-12-17-14-10-16-22(11-24-6-8-28-9-7-24)15(4-5-25(14)22)23(17,30-16)31-19(12)20-18(27-3)13(2)21(26)29-20/h12,14-17H,4-11H2,1-3H3/b20-19-/t12-,14-,15+,16-,17+,22+,23+/m0/s1. The predicted molar refractivity (Wildman–Crippen MR) is 107 cm³/mol. The van der Waals surface area contributed by atoms with Gasteiger partial charge in [0.25, 0.3) is 0 Å². The van der Waals surface area contributed by atoms with Crippen LogP contribution in [0.3, 0.4) is 0 Å². The number of esters is 1. The molecule has 1 unspecified atom stereocenters. The van der Waals surface area contributed by atoms with Crippen LogP contribution >= 0.6 is 0 Å². The van der Waals surface area contributed by atoms with E-state index in [0.717, 1.165) is 58.0 Å². The van der Waals surface area contributed by atoms with Gasteiger partial charge in [0.2, 0.25) is 11.5 Å². The van der Waals surface area contributed by atoms with Crippen molar-refractivity contribution in [1.29, 1.82) is 0 Å². The highest BCUT2D eigenvalue weighted by Crippen LogP contribution is 2.72. The molecule has 5 bridgehead atoms. The van der Waals surface area contributed by atoms with Crippen molar-refractivity contribution in [2.75, 3.05) is 46.5 Å². The lowest BCUT2D eigenvalue weighted by molar-refractivity contribution is -0.256. The van der Waals surface area contributed by atoms with Gasteiger partial charge < -0.3 is 23.7 Å². The van der Waals surface area contributed by atoms with Gasteiger partial charge >= 0.3 is 5.97 Å². The average Bonchev–Trinajstić information content (AvgIpc) is 3.47. The molecule has 0 aromatic carbocycles. The number of ether oxygens (including phenoxy) is 5. The minimum absolute atomic E-state index is 0.0283. The first-order valence-corrected chi connectivity index (χ1v) is 11.7. The molecular weight excluding hydrogens is 400 g/mol. The Balaban J connectivity index is 1.30. The third-order valence-electron chi connectivity index (χ3n) is 9.18. The molecule has 0 aliphatic carbocycles. The van der Waals surface area contributed by atoms with Crippen LogP contribution in [-0.4, -0.2) is 85.7 Å². The van der Waals surface area contributed by atoms with E-state index in [1.165, 1.54) is 0 Å². The Morgan fingerprint density at radius 1 is 1.23 bits per heavy atom. The summed E-state index contributed by atoms with van der Waals surface area (Å²) in [6, 6.07) is 0.444. The van der Waals surface area contributed by atoms with E-state index in [1.54, 1.807) is 14.0 Å². The van der Waals surface area contributed by atoms with Crippen molar-refractivity contribution >= 4 is 5.97 Å². The molecule has 8 heteroatoms. The van der Waals surface area contributed by atoms with Gasteiger partial charge in [0.15, 0.2) is 5.76 Å². The molecule has 0 aromatic rings. The Bertz CT molecular complexity index is 925. The summed E-state index contributed by atoms with van der Waals surface area (Å²) < 4.78 is 30.5. The Morgan fingerprint density at radius 2 is 2.03 bits per heavy atom. The molecule has 0 aromatic heterocycles. The van der Waals surface area contributed by atoms with Crippen LogP contribution in [0.5, 0.6) is 0 Å². The molecule has 7 heterocycles. The SMILES string of the molecule is COC1=C(C)C(=O)O/C1=C1\O[C@@]23O[C@H]4C[C@@H]([C@H]2[C@@H]1C)N1CC[C@@H]3[C@]41CN1CCOCC1. The molecule has 0 saturated carbocycles. The average molecular weight is 431 g/mol. The molecule has 1 spiro atoms. The molecule has 8 nitrogen and oxygen atoms in total. The molecule has 0 N–H and O–H groups in total. The molecule has 7 aliphatic rings. The van der Waals surface area contributed by atoms with Gasteiger partial charge in [0, 0.05) is 37.5 Å². The second-order valence-electron chi connectivity index (χ2n) is 10.2. The zero-order valence-electron chi connectivity index (χ0n) is 18.4. The highest BCUT2D eigenvalue weighted by atomic mass is 16.7. The lowest BCUT2D eigenvalue weighted by atomic mass is 9.70. The Morgan fingerprint density at radius 3 is 2.81 bits per heavy atom. The van der Waals surface area contributed by atoms with E-state index >= 15 is 0 Å². The van der Waals surface area contributed by atoms with Crippen LogP contribution in [-0.2, 0) is 28.5 Å². The van der Waals surface area contributed by atoms with Crippen LogP contribution in [0.25, 0.3) is 0 Å². The molecule has 6 saturated heterocycles. The van der Waals surface area contributed by atoms with Gasteiger partial charge in [-0.1, -0.05) is 6.92 Å². The maximum atomic E-state index is 12.3. The highest BCUT2D eigenvalue weighted by Gasteiger charge is 2.84. The molecule has 8 atom stereocenters. The van der Waals surface area contributed by atoms with Crippen LogP contribution < -0.4 is 0 Å². The number of carbonyl (C=O) groups is 1. The lowest BCUT2D eigenvalue weighted by Crippen LogP contribution is -2.64. The van der Waals surface area contributed by atoms with E-state index in [0.29, 0.717) is 29.1 Å². The number of methoxy groups -OCH3 is 1. The zero-order valence-corrected chi connectivity index (χ0v) is 18.4. The number of hydrogen-bond donors (Lipinski definition) is 0. The number of nitrogens with zero attached hydrogens (tertiary/aromatic N) is 2. The van der Waals surface area contributed by atoms with E-state index in [9.17, 15) is 4.79 Å². The Labute approximate surface area is 182 Å². The minimum Gasteiger partial charge on any atom is -0.492 e. The van der Waals surface area contributed by atoms with Crippen LogP contribution in [0.2, 0.25) is 0 Å². The second kappa shape index (κ2) is 6.04. The quantitative estimate of drug-likeness (QED) is 0.620. The summed E-state index contributed by atoms with van der Waals surface area (Å²) in [4.78, 5) is 17.6. The second-order valence-corrected chi connectivity index (χ2v) is 10.2. The van der Waals surface area contributed by atoms with Crippen molar-refractivity contribution in [3.63, 3.8) is 0 Å². The summed E-state index contributed by atoms with van der Waals surface area (Å²) in [5.74, 6) is 1.39. The van der Waals surface area contributed by atoms with Crippen molar-refractivity contribution in [1.82, 2.24) is 9.80 Å². The lowest BCUT2D eigenvalue weighted by Gasteiger charge is -2.49. The largest absolute Gasteiger partial charge is 0.492 e. The number of carbonyl (C=O) groups excluding carboxylic acids is 1. The fourth-order valence-electron chi connectivity index (χ4n) is 8.12. The molecule has 0 amide bonds. The van der Waals surface area contributed by atoms with Gasteiger partial charge in [-0.2, -0.15) is 0 Å². The Hall–Kier alpha value is -1.61. The van der Waals surface area contributed by atoms with Crippen molar-refractivity contribution < 1.29 is 28.5 Å². The number of morpholine rings is 1. The number of fused-ring (bicyclic) bond motifs is 1. The summed E-state index contributed by atoms with van der Waals surface area (Å²) in [6.07, 6.45) is 2.36. The van der Waals surface area contributed by atoms with Crippen molar-refractivity contribution in [3.05, 3.63) is 22.9 Å². The zero-order chi connectivity index (χ0) is 21.1. The summed E-state index contributed by atoms with van der Waals surface area (Å²) in [7, 11) is 1.58. The predicted octanol–water partition coefficient (Wildman–Crippen LogP) is 1.23. The van der Waals surface area contributed by atoms with E-state index in [-0.39, 0.29) is 29.4 Å². The first-order valence-electron chi connectivity index (χ1n) is 11.7. The van der Waals surface area contributed by atoms with Gasteiger partial charge in [-0.05, 0) is 26.3 Å². The molecule has 0 radical (unpaired) electrons. The monoisotopic (exact) mass is 430 g/mol. The van der Waals surface area contributed by atoms with Gasteiger partial charge in [-0.15, -0.1) is 0 Å². The molecule has 7 rings (SSSR count). The summed E-state index contributed by atoms with van der Waals surface area (Å²) in [5.41, 5.74) is 0.525. The van der Waals surface area contributed by atoms with E-state index in [1.807, 2.05) is 0 Å². The fourth-order valence-corrected chi connectivity index (χ4v) is 8.12. The van der Waals surface area contributed by atoms with Gasteiger partial charge in [-0.25, -0.2) is 4.79 Å². The van der Waals surface area contributed by atoms with Gasteiger partial charge in [0.05, 0.1) is 43.5 Å². The Kier molecular flexibility index (Phi) is 3.68. The maximum absolute atomic E-state index is 12.3. The molecular formula is C23H30N2O6. The third kappa shape index (κ3) is 2.04. The minimum atomic E-state index is -0.615. The van der Waals surface area contributed by atoms with Crippen LogP contribution in [0.4, 0.5) is 0 Å². The number of cyclic esters (lactones) is 1. The van der Waals surface area contributed by atoms with Crippen LogP contribution in [0.15, 0.2) is 22.9 Å². The normalized spacial score (nSPS) is 52.2. The van der Waals surface area contributed by atoms with Crippen molar-refractivity contribution in [2.45, 2.75) is 50.2 Å². The van der Waals surface area contributed by atoms with E-state index in [2.05, 4.69) is 16.7 Å². The number of allylic oxidation sites excluding steroid dienone is 1. The van der Waals surface area contributed by atoms with Crippen molar-refractivity contribution in [2.24, 2.45) is 17.8 Å². The van der Waals surface area contributed by atoms with Crippen LogP contribution in [0.1, 0.15) is 26.7 Å². The molecule has 6 fully saturated rings. The first-order chi connectivity index (χ1) is 15.0.